The highest BCUT2D eigenvalue weighted by Crippen LogP contribution is 2.27. The van der Waals surface area contributed by atoms with Crippen LogP contribution in [0.25, 0.3) is 0 Å². The number of methoxy groups -OCH3 is 1. The third kappa shape index (κ3) is 2.81. The van der Waals surface area contributed by atoms with Crippen molar-refractivity contribution in [3.63, 3.8) is 0 Å². The lowest BCUT2D eigenvalue weighted by atomic mass is 9.86. The molecule has 0 amide bonds. The van der Waals surface area contributed by atoms with Gasteiger partial charge in [0, 0.05) is 12.2 Å². The van der Waals surface area contributed by atoms with Crippen LogP contribution in [0.5, 0.6) is 0 Å². The van der Waals surface area contributed by atoms with Crippen LogP contribution in [0.4, 0.5) is 5.82 Å². The number of hydrogen-bond acceptors (Lipinski definition) is 4. The van der Waals surface area contributed by atoms with E-state index in [1.165, 1.54) is 26.4 Å². The quantitative estimate of drug-likeness (QED) is 0.836. The first-order valence-electron chi connectivity index (χ1n) is 6.52. The lowest BCUT2D eigenvalue weighted by Gasteiger charge is -2.30. The van der Waals surface area contributed by atoms with Gasteiger partial charge in [-0.3, -0.25) is 0 Å². The van der Waals surface area contributed by atoms with Crippen LogP contribution in [0.3, 0.4) is 0 Å². The summed E-state index contributed by atoms with van der Waals surface area (Å²) in [4.78, 5) is 15.9. The highest BCUT2D eigenvalue weighted by molar-refractivity contribution is 5.94. The van der Waals surface area contributed by atoms with E-state index in [1.807, 2.05) is 0 Å². The van der Waals surface area contributed by atoms with Gasteiger partial charge in [-0.05, 0) is 30.9 Å². The largest absolute Gasteiger partial charge is 0.465 e. The molecule has 0 bridgehead atoms. The maximum Gasteiger partial charge on any atom is 0.341 e. The molecule has 1 aliphatic rings. The first-order chi connectivity index (χ1) is 8.72. The second-order valence-corrected chi connectivity index (χ2v) is 4.90. The summed E-state index contributed by atoms with van der Waals surface area (Å²) in [5.41, 5.74) is 0.512. The molecule has 2 unspecified atom stereocenters. The lowest BCUT2D eigenvalue weighted by Crippen LogP contribution is -2.31. The first kappa shape index (κ1) is 12.9. The van der Waals surface area contributed by atoms with Gasteiger partial charge in [0.15, 0.2) is 0 Å². The number of carbonyl (C=O) groups excluding carboxylic acids is 1. The second-order valence-electron chi connectivity index (χ2n) is 4.90. The zero-order chi connectivity index (χ0) is 13.0. The Bertz CT molecular complexity index is 420. The fraction of sp³-hybridized carbons (Fsp3) is 0.571. The van der Waals surface area contributed by atoms with Crippen LogP contribution in [-0.4, -0.2) is 24.1 Å². The van der Waals surface area contributed by atoms with Crippen molar-refractivity contribution in [2.45, 2.75) is 38.6 Å². The van der Waals surface area contributed by atoms with E-state index in [1.54, 1.807) is 18.3 Å². The molecule has 1 heterocycles. The van der Waals surface area contributed by atoms with Crippen LogP contribution in [-0.2, 0) is 4.74 Å². The van der Waals surface area contributed by atoms with Crippen LogP contribution in [0.2, 0.25) is 0 Å². The van der Waals surface area contributed by atoms with Gasteiger partial charge in [-0.15, -0.1) is 0 Å². The van der Waals surface area contributed by atoms with E-state index in [0.717, 1.165) is 6.42 Å². The van der Waals surface area contributed by atoms with E-state index in [9.17, 15) is 4.79 Å². The summed E-state index contributed by atoms with van der Waals surface area (Å²) >= 11 is 0. The summed E-state index contributed by atoms with van der Waals surface area (Å²) in [7, 11) is 1.39. The maximum atomic E-state index is 11.7. The summed E-state index contributed by atoms with van der Waals surface area (Å²) in [6, 6.07) is 3.90. The summed E-state index contributed by atoms with van der Waals surface area (Å²) < 4.78 is 4.77. The molecule has 2 rings (SSSR count). The number of carbonyl (C=O) groups is 1. The van der Waals surface area contributed by atoms with E-state index in [-0.39, 0.29) is 5.97 Å². The fourth-order valence-electron chi connectivity index (χ4n) is 2.50. The van der Waals surface area contributed by atoms with Gasteiger partial charge < -0.3 is 10.1 Å². The van der Waals surface area contributed by atoms with Crippen LogP contribution >= 0.6 is 0 Å². The average Bonchev–Trinajstić information content (AvgIpc) is 2.41. The molecule has 1 fully saturated rings. The first-order valence-corrected chi connectivity index (χ1v) is 6.52. The van der Waals surface area contributed by atoms with Crippen molar-refractivity contribution in [2.24, 2.45) is 5.92 Å². The number of esters is 1. The zero-order valence-corrected chi connectivity index (χ0v) is 11.0. The molecule has 0 saturated heterocycles. The fourth-order valence-corrected chi connectivity index (χ4v) is 2.50. The highest BCUT2D eigenvalue weighted by atomic mass is 16.5. The van der Waals surface area contributed by atoms with Crippen molar-refractivity contribution >= 4 is 11.8 Å². The SMILES string of the molecule is COC(=O)c1cccnc1NC1CCCCC1C. The lowest BCUT2D eigenvalue weighted by molar-refractivity contribution is 0.0601. The Hall–Kier alpha value is -1.58. The second kappa shape index (κ2) is 5.85. The number of anilines is 1. The van der Waals surface area contributed by atoms with Crippen molar-refractivity contribution in [3.8, 4) is 0 Å². The standard InChI is InChI=1S/C14H20N2O2/c1-10-6-3-4-8-12(10)16-13-11(14(17)18-2)7-5-9-15-13/h5,7,9-10,12H,3-4,6,8H2,1-2H3,(H,15,16). The molecular formula is C14H20N2O2. The van der Waals surface area contributed by atoms with Crippen LogP contribution in [0, 0.1) is 5.92 Å². The molecule has 0 aliphatic heterocycles. The molecule has 1 saturated carbocycles. The van der Waals surface area contributed by atoms with E-state index in [4.69, 9.17) is 4.74 Å². The number of nitrogens with zero attached hydrogens (tertiary/aromatic N) is 1. The van der Waals surface area contributed by atoms with E-state index in [0.29, 0.717) is 23.3 Å². The number of hydrogen-bond donors (Lipinski definition) is 1. The minimum atomic E-state index is -0.339. The number of ether oxygens (including phenoxy) is 1. The van der Waals surface area contributed by atoms with Crippen LogP contribution in [0.15, 0.2) is 18.3 Å². The van der Waals surface area contributed by atoms with Gasteiger partial charge in [0.05, 0.1) is 7.11 Å². The number of aromatic nitrogens is 1. The molecule has 1 aromatic heterocycles. The van der Waals surface area contributed by atoms with Crippen molar-refractivity contribution in [1.82, 2.24) is 4.98 Å². The molecule has 98 valence electrons. The smallest absolute Gasteiger partial charge is 0.341 e. The van der Waals surface area contributed by atoms with Crippen LogP contribution in [0.1, 0.15) is 43.0 Å². The van der Waals surface area contributed by atoms with Crippen molar-refractivity contribution in [3.05, 3.63) is 23.9 Å². The Labute approximate surface area is 108 Å². The summed E-state index contributed by atoms with van der Waals surface area (Å²) in [5.74, 6) is 0.920. The van der Waals surface area contributed by atoms with Crippen molar-refractivity contribution < 1.29 is 9.53 Å². The van der Waals surface area contributed by atoms with Crippen molar-refractivity contribution in [1.29, 1.82) is 0 Å². The molecule has 0 aromatic carbocycles. The molecule has 18 heavy (non-hydrogen) atoms. The summed E-state index contributed by atoms with van der Waals surface area (Å²) in [6.07, 6.45) is 6.60. The monoisotopic (exact) mass is 248 g/mol. The molecule has 1 aromatic rings. The van der Waals surface area contributed by atoms with E-state index >= 15 is 0 Å². The predicted molar refractivity (Wildman–Crippen MR) is 70.6 cm³/mol. The Balaban J connectivity index is 2.15. The Kier molecular flexibility index (Phi) is 4.18. The number of nitrogens with one attached hydrogen (secondary N) is 1. The van der Waals surface area contributed by atoms with Crippen LogP contribution < -0.4 is 5.32 Å². The molecule has 2 atom stereocenters. The van der Waals surface area contributed by atoms with Gasteiger partial charge in [-0.2, -0.15) is 0 Å². The third-order valence-corrected chi connectivity index (χ3v) is 3.65. The summed E-state index contributed by atoms with van der Waals surface area (Å²) in [6.45, 7) is 2.25. The molecule has 4 nitrogen and oxygen atoms in total. The molecule has 0 radical (unpaired) electrons. The van der Waals surface area contributed by atoms with Gasteiger partial charge in [0.25, 0.3) is 0 Å². The van der Waals surface area contributed by atoms with Gasteiger partial charge in [0.1, 0.15) is 11.4 Å². The maximum absolute atomic E-state index is 11.7. The molecule has 0 spiro atoms. The topological polar surface area (TPSA) is 51.2 Å². The van der Waals surface area contributed by atoms with Gasteiger partial charge in [-0.25, -0.2) is 9.78 Å². The van der Waals surface area contributed by atoms with E-state index < -0.39 is 0 Å². The van der Waals surface area contributed by atoms with Crippen molar-refractivity contribution in [2.75, 3.05) is 12.4 Å². The number of pyridine rings is 1. The summed E-state index contributed by atoms with van der Waals surface area (Å²) in [5, 5.41) is 3.40. The van der Waals surface area contributed by atoms with E-state index in [2.05, 4.69) is 17.2 Å². The minimum absolute atomic E-state index is 0.339. The van der Waals surface area contributed by atoms with Gasteiger partial charge in [-0.1, -0.05) is 19.8 Å². The molecule has 1 N–H and O–H groups in total. The van der Waals surface area contributed by atoms with Gasteiger partial charge in [0.2, 0.25) is 0 Å². The molecular weight excluding hydrogens is 228 g/mol. The molecule has 1 aliphatic carbocycles. The Morgan fingerprint density at radius 1 is 1.44 bits per heavy atom. The molecule has 4 heteroatoms. The minimum Gasteiger partial charge on any atom is -0.465 e. The average molecular weight is 248 g/mol. The Morgan fingerprint density at radius 3 is 2.94 bits per heavy atom. The Morgan fingerprint density at radius 2 is 2.22 bits per heavy atom. The normalized spacial score (nSPS) is 23.4. The highest BCUT2D eigenvalue weighted by Gasteiger charge is 2.23. The predicted octanol–water partition coefficient (Wildman–Crippen LogP) is 2.86. The number of rotatable bonds is 3. The third-order valence-electron chi connectivity index (χ3n) is 3.65. The van der Waals surface area contributed by atoms with Gasteiger partial charge >= 0.3 is 5.97 Å². The zero-order valence-electron chi connectivity index (χ0n) is 11.0.